The van der Waals surface area contributed by atoms with E-state index in [1.54, 1.807) is 0 Å². The van der Waals surface area contributed by atoms with Crippen LogP contribution < -0.4 is 16.4 Å². The van der Waals surface area contributed by atoms with Crippen molar-refractivity contribution in [1.82, 2.24) is 25.1 Å². The third-order valence-electron chi connectivity index (χ3n) is 15.0. The molecule has 10 nitrogen and oxygen atoms in total. The maximum Gasteiger partial charge on any atom is 0.249 e. The SMILES string of the molecule is CC1Cc2nccc(-c3ccc(N)nc3)c2C=C1CN1CCC(c2ccc(C(=O)C3CCC(CN4CCC(c5ccc(NC6CCC(=O)NC6=O)cc5F)C[C@@H]4C)CC3)cc2)CC1. The molecule has 0 bridgehead atoms. The summed E-state index contributed by atoms with van der Waals surface area (Å²) >= 11 is 0. The van der Waals surface area contributed by atoms with Crippen molar-refractivity contribution < 1.29 is 18.8 Å². The van der Waals surface area contributed by atoms with E-state index in [0.29, 0.717) is 47.5 Å². The highest BCUT2D eigenvalue weighted by Crippen LogP contribution is 2.39. The molecule has 0 spiro atoms. The Bertz CT molecular complexity index is 2330. The molecule has 2 aliphatic carbocycles. The van der Waals surface area contributed by atoms with Gasteiger partial charge < -0.3 is 16.0 Å². The number of nitrogens with two attached hydrogens (primary N) is 1. The van der Waals surface area contributed by atoms with Crippen LogP contribution in [0.1, 0.15) is 123 Å². The van der Waals surface area contributed by atoms with Gasteiger partial charge in [-0.2, -0.15) is 0 Å². The number of likely N-dealkylation sites (tertiary alicyclic amines) is 2. The Morgan fingerprint density at radius 1 is 0.889 bits per heavy atom. The van der Waals surface area contributed by atoms with Gasteiger partial charge in [0.25, 0.3) is 0 Å². The second kappa shape index (κ2) is 18.8. The number of amides is 2. The second-order valence-electron chi connectivity index (χ2n) is 19.2. The number of piperidine rings is 3. The fraction of sp³-hybridized carbons (Fsp3) is 0.481. The van der Waals surface area contributed by atoms with Gasteiger partial charge in [-0.1, -0.05) is 48.9 Å². The molecule has 4 atom stereocenters. The number of carbonyl (C=O) groups excluding carboxylic acids is 3. The third-order valence-corrected chi connectivity index (χ3v) is 15.0. The van der Waals surface area contributed by atoms with Crippen molar-refractivity contribution in [2.24, 2.45) is 17.8 Å². The molecular formula is C52H62FN7O3. The first-order chi connectivity index (χ1) is 30.5. The second-order valence-corrected chi connectivity index (χ2v) is 19.2. The molecule has 3 aliphatic heterocycles. The number of hydrogen-bond donors (Lipinski definition) is 3. The minimum Gasteiger partial charge on any atom is -0.384 e. The molecule has 11 heteroatoms. The van der Waals surface area contributed by atoms with E-state index in [4.69, 9.17) is 10.7 Å². The molecule has 3 saturated heterocycles. The first-order valence-electron chi connectivity index (χ1n) is 23.4. The first-order valence-corrected chi connectivity index (χ1v) is 23.4. The number of anilines is 2. The Balaban J connectivity index is 0.715. The average molecular weight is 852 g/mol. The predicted octanol–water partition coefficient (Wildman–Crippen LogP) is 8.79. The van der Waals surface area contributed by atoms with Crippen LogP contribution in [0.3, 0.4) is 0 Å². The molecule has 9 rings (SSSR count). The lowest BCUT2D eigenvalue weighted by atomic mass is 9.77. The van der Waals surface area contributed by atoms with Crippen LogP contribution in [-0.4, -0.2) is 82.2 Å². The van der Waals surface area contributed by atoms with Gasteiger partial charge in [0.15, 0.2) is 5.78 Å². The molecule has 1 saturated carbocycles. The lowest BCUT2D eigenvalue weighted by Gasteiger charge is -2.41. The van der Waals surface area contributed by atoms with Crippen molar-refractivity contribution in [3.8, 4) is 11.1 Å². The van der Waals surface area contributed by atoms with Gasteiger partial charge in [0.05, 0.1) is 0 Å². The molecule has 2 amide bonds. The van der Waals surface area contributed by atoms with Crippen molar-refractivity contribution >= 4 is 35.2 Å². The lowest BCUT2D eigenvalue weighted by molar-refractivity contribution is -0.133. The van der Waals surface area contributed by atoms with E-state index < -0.39 is 6.04 Å². The Morgan fingerprint density at radius 3 is 2.38 bits per heavy atom. The number of aromatic nitrogens is 2. The first kappa shape index (κ1) is 43.0. The van der Waals surface area contributed by atoms with Crippen LogP contribution in [0.4, 0.5) is 15.9 Å². The highest BCUT2D eigenvalue weighted by atomic mass is 19.1. The summed E-state index contributed by atoms with van der Waals surface area (Å²) in [7, 11) is 0. The largest absolute Gasteiger partial charge is 0.384 e. The number of pyridine rings is 2. The zero-order valence-electron chi connectivity index (χ0n) is 36.8. The number of rotatable bonds is 11. The van der Waals surface area contributed by atoms with Crippen LogP contribution in [0, 0.1) is 23.6 Å². The zero-order valence-corrected chi connectivity index (χ0v) is 36.8. The number of halogens is 1. The molecule has 4 aromatic rings. The smallest absolute Gasteiger partial charge is 0.249 e. The van der Waals surface area contributed by atoms with E-state index in [0.717, 1.165) is 118 Å². The number of nitrogens with one attached hydrogen (secondary N) is 2. The van der Waals surface area contributed by atoms with Crippen LogP contribution in [0.2, 0.25) is 0 Å². The van der Waals surface area contributed by atoms with E-state index >= 15 is 4.39 Å². The van der Waals surface area contributed by atoms with Crippen LogP contribution in [0.15, 0.2) is 78.6 Å². The molecule has 5 aliphatic rings. The topological polar surface area (TPSA) is 134 Å². The van der Waals surface area contributed by atoms with Crippen LogP contribution in [-0.2, 0) is 16.0 Å². The summed E-state index contributed by atoms with van der Waals surface area (Å²) in [6.45, 7) is 9.64. The van der Waals surface area contributed by atoms with E-state index in [9.17, 15) is 14.4 Å². The maximum atomic E-state index is 15.4. The Kier molecular flexibility index (Phi) is 12.9. The lowest BCUT2D eigenvalue weighted by Crippen LogP contribution is -2.47. The van der Waals surface area contributed by atoms with Crippen LogP contribution in [0.5, 0.6) is 0 Å². The number of hydrogen-bond acceptors (Lipinski definition) is 9. The number of benzene rings is 2. The van der Waals surface area contributed by atoms with Gasteiger partial charge in [-0.05, 0) is 161 Å². The standard InChI is InChI=1S/C52H62FN7O3/c1-32-25-48-45(43(17-21-55-48)40-11-15-49(54)56-29-40)27-41(32)31-59-22-18-36(19-23-59)35-7-9-38(10-8-35)51(62)37-5-3-34(4-6-37)30-60-24-20-39(26-33(60)2)44-13-12-42(28-46(44)53)57-47-14-16-50(61)58-52(47)63/h7-13,15,17,21,27-29,32-34,36-37,39,47,57H,3-6,14,16,18-20,22-26,30-31H2,1-2H3,(H2,54,56)(H,58,61,63)/t32?,33-,34?,37?,39?,47?/m0/s1. The molecule has 3 unspecified atom stereocenters. The van der Waals surface area contributed by atoms with Gasteiger partial charge in [-0.15, -0.1) is 0 Å². The minimum atomic E-state index is -0.536. The summed E-state index contributed by atoms with van der Waals surface area (Å²) in [5.41, 5.74) is 15.4. The number of Topliss-reactive ketones (excluding diaryl/α,β-unsaturated/α-hetero) is 1. The highest BCUT2D eigenvalue weighted by Gasteiger charge is 2.34. The van der Waals surface area contributed by atoms with Crippen LogP contribution in [0.25, 0.3) is 17.2 Å². The zero-order chi connectivity index (χ0) is 43.6. The molecule has 5 heterocycles. The summed E-state index contributed by atoms with van der Waals surface area (Å²) in [5.74, 6) is 1.71. The number of ketones is 1. The highest BCUT2D eigenvalue weighted by molar-refractivity contribution is 6.01. The summed E-state index contributed by atoms with van der Waals surface area (Å²) < 4.78 is 15.4. The molecule has 4 N–H and O–H groups in total. The van der Waals surface area contributed by atoms with Gasteiger partial charge in [0.1, 0.15) is 17.7 Å². The molecule has 330 valence electrons. The Hall–Kier alpha value is -5.26. The van der Waals surface area contributed by atoms with Crippen molar-refractivity contribution in [2.75, 3.05) is 43.8 Å². The monoisotopic (exact) mass is 851 g/mol. The molecular weight excluding hydrogens is 790 g/mol. The molecule has 0 radical (unpaired) electrons. The number of fused-ring (bicyclic) bond motifs is 1. The summed E-state index contributed by atoms with van der Waals surface area (Å²) in [5, 5.41) is 5.44. The van der Waals surface area contributed by atoms with E-state index in [1.807, 2.05) is 36.7 Å². The quantitative estimate of drug-likeness (QED) is 0.100. The average Bonchev–Trinajstić information content (AvgIpc) is 3.29. The van der Waals surface area contributed by atoms with Gasteiger partial charge in [-0.25, -0.2) is 9.37 Å². The van der Waals surface area contributed by atoms with Gasteiger partial charge in [0, 0.05) is 71.9 Å². The minimum absolute atomic E-state index is 0.0902. The predicted molar refractivity (Wildman–Crippen MR) is 247 cm³/mol. The molecule has 4 fully saturated rings. The number of carbonyl (C=O) groups is 3. The van der Waals surface area contributed by atoms with Crippen molar-refractivity contribution in [1.29, 1.82) is 0 Å². The van der Waals surface area contributed by atoms with Crippen molar-refractivity contribution in [3.63, 3.8) is 0 Å². The van der Waals surface area contributed by atoms with Crippen LogP contribution >= 0.6 is 0 Å². The van der Waals surface area contributed by atoms with E-state index in [-0.39, 0.29) is 35.9 Å². The Morgan fingerprint density at radius 2 is 1.67 bits per heavy atom. The van der Waals surface area contributed by atoms with Gasteiger partial charge in [-0.3, -0.25) is 29.6 Å². The van der Waals surface area contributed by atoms with Crippen molar-refractivity contribution in [3.05, 3.63) is 112 Å². The maximum absolute atomic E-state index is 15.4. The van der Waals surface area contributed by atoms with Gasteiger partial charge in [0.2, 0.25) is 11.8 Å². The number of nitrogen functional groups attached to an aromatic ring is 1. The fourth-order valence-corrected chi connectivity index (χ4v) is 11.1. The normalized spacial score (nSPS) is 26.1. The number of imide groups is 1. The molecule has 2 aromatic carbocycles. The summed E-state index contributed by atoms with van der Waals surface area (Å²) in [6, 6.07) is 19.6. The van der Waals surface area contributed by atoms with E-state index in [1.165, 1.54) is 22.8 Å². The summed E-state index contributed by atoms with van der Waals surface area (Å²) in [6.07, 6.45) is 15.8. The van der Waals surface area contributed by atoms with Crippen molar-refractivity contribution in [2.45, 2.75) is 108 Å². The third kappa shape index (κ3) is 9.80. The molecule has 2 aromatic heterocycles. The summed E-state index contributed by atoms with van der Waals surface area (Å²) in [4.78, 5) is 51.7. The fourth-order valence-electron chi connectivity index (χ4n) is 11.1. The van der Waals surface area contributed by atoms with E-state index in [2.05, 4.69) is 75.7 Å². The van der Waals surface area contributed by atoms with Gasteiger partial charge >= 0.3 is 0 Å². The Labute approximate surface area is 371 Å². The molecule has 63 heavy (non-hydrogen) atoms. The number of nitrogens with zero attached hydrogens (tertiary/aromatic N) is 4.